The van der Waals surface area contributed by atoms with Crippen LogP contribution in [0.1, 0.15) is 23.3 Å². The molecule has 98 valence electrons. The van der Waals surface area contributed by atoms with Gasteiger partial charge in [0.25, 0.3) is 0 Å². The third-order valence-corrected chi connectivity index (χ3v) is 4.15. The zero-order valence-corrected chi connectivity index (χ0v) is 11.4. The van der Waals surface area contributed by atoms with E-state index in [1.54, 1.807) is 11.3 Å². The summed E-state index contributed by atoms with van der Waals surface area (Å²) in [5, 5.41) is 11.3. The average Bonchev–Trinajstić information content (AvgIpc) is 2.84. The molecule has 0 saturated carbocycles. The third kappa shape index (κ3) is 3.82. The maximum atomic E-state index is 9.22. The van der Waals surface area contributed by atoms with Crippen LogP contribution in [0.3, 0.4) is 0 Å². The van der Waals surface area contributed by atoms with Crippen molar-refractivity contribution in [2.45, 2.75) is 19.4 Å². The molecule has 1 atom stereocenters. The summed E-state index contributed by atoms with van der Waals surface area (Å²) in [5.41, 5.74) is 6.43. The summed E-state index contributed by atoms with van der Waals surface area (Å²) in [7, 11) is 0. The number of nitrogens with zero attached hydrogens (tertiary/aromatic N) is 1. The first-order chi connectivity index (χ1) is 8.81. The molecule has 0 radical (unpaired) electrons. The second-order valence-corrected chi connectivity index (χ2v) is 5.73. The van der Waals surface area contributed by atoms with Crippen LogP contribution < -0.4 is 5.73 Å². The van der Waals surface area contributed by atoms with Crippen LogP contribution in [0, 0.1) is 17.8 Å². The summed E-state index contributed by atoms with van der Waals surface area (Å²) in [5.74, 6) is 6.39. The van der Waals surface area contributed by atoms with Crippen LogP contribution >= 0.6 is 11.3 Å². The number of aliphatic hydroxyl groups is 1. The summed E-state index contributed by atoms with van der Waals surface area (Å²) < 4.78 is 0. The van der Waals surface area contributed by atoms with E-state index in [0.717, 1.165) is 31.6 Å². The standard InChI is InChI=1S/C14H20N2OS/c15-5-1-3-12-7-14(18-11-12)9-16-6-2-4-13(8-16)10-17/h7,11,13,17H,2,4-6,8-10,15H2. The summed E-state index contributed by atoms with van der Waals surface area (Å²) >= 11 is 1.75. The van der Waals surface area contributed by atoms with Crippen molar-refractivity contribution in [3.05, 3.63) is 21.9 Å². The number of aliphatic hydroxyl groups excluding tert-OH is 1. The maximum absolute atomic E-state index is 9.22. The molecule has 0 aromatic carbocycles. The Bertz CT molecular complexity index is 432. The lowest BCUT2D eigenvalue weighted by Crippen LogP contribution is -2.36. The summed E-state index contributed by atoms with van der Waals surface area (Å²) in [4.78, 5) is 3.77. The van der Waals surface area contributed by atoms with Crippen molar-refractivity contribution in [3.63, 3.8) is 0 Å². The summed E-state index contributed by atoms with van der Waals surface area (Å²) in [6.07, 6.45) is 2.35. The number of piperidine rings is 1. The molecule has 18 heavy (non-hydrogen) atoms. The van der Waals surface area contributed by atoms with Crippen molar-refractivity contribution < 1.29 is 5.11 Å². The molecule has 1 fully saturated rings. The zero-order chi connectivity index (χ0) is 12.8. The van der Waals surface area contributed by atoms with E-state index in [9.17, 15) is 5.11 Å². The molecule has 1 saturated heterocycles. The van der Waals surface area contributed by atoms with Gasteiger partial charge in [-0.2, -0.15) is 0 Å². The van der Waals surface area contributed by atoms with Crippen LogP contribution in [-0.2, 0) is 6.54 Å². The first kappa shape index (κ1) is 13.6. The quantitative estimate of drug-likeness (QED) is 0.808. The molecular weight excluding hydrogens is 244 g/mol. The highest BCUT2D eigenvalue weighted by atomic mass is 32.1. The minimum absolute atomic E-state index is 0.314. The van der Waals surface area contributed by atoms with Gasteiger partial charge >= 0.3 is 0 Å². The highest BCUT2D eigenvalue weighted by molar-refractivity contribution is 7.10. The van der Waals surface area contributed by atoms with E-state index in [-0.39, 0.29) is 0 Å². The second kappa shape index (κ2) is 6.91. The van der Waals surface area contributed by atoms with Gasteiger partial charge in [-0.15, -0.1) is 11.3 Å². The van der Waals surface area contributed by atoms with E-state index >= 15 is 0 Å². The van der Waals surface area contributed by atoms with E-state index in [1.807, 2.05) is 0 Å². The summed E-state index contributed by atoms with van der Waals surface area (Å²) in [6.45, 7) is 3.85. The fourth-order valence-electron chi connectivity index (χ4n) is 2.35. The Morgan fingerprint density at radius 3 is 3.22 bits per heavy atom. The van der Waals surface area contributed by atoms with Crippen LogP contribution in [0.15, 0.2) is 11.4 Å². The van der Waals surface area contributed by atoms with E-state index in [0.29, 0.717) is 19.1 Å². The van der Waals surface area contributed by atoms with Gasteiger partial charge in [-0.1, -0.05) is 11.8 Å². The van der Waals surface area contributed by atoms with Crippen LogP contribution in [0.25, 0.3) is 0 Å². The molecule has 1 aliphatic heterocycles. The largest absolute Gasteiger partial charge is 0.396 e. The summed E-state index contributed by atoms with van der Waals surface area (Å²) in [6, 6.07) is 2.15. The molecule has 0 aliphatic carbocycles. The Morgan fingerprint density at radius 1 is 1.56 bits per heavy atom. The minimum Gasteiger partial charge on any atom is -0.396 e. The number of likely N-dealkylation sites (tertiary alicyclic amines) is 1. The van der Waals surface area contributed by atoms with Gasteiger partial charge in [0.1, 0.15) is 0 Å². The van der Waals surface area contributed by atoms with Gasteiger partial charge in [-0.05, 0) is 31.4 Å². The van der Waals surface area contributed by atoms with E-state index in [4.69, 9.17) is 5.73 Å². The monoisotopic (exact) mass is 264 g/mol. The van der Waals surface area contributed by atoms with E-state index in [2.05, 4.69) is 28.2 Å². The van der Waals surface area contributed by atoms with Gasteiger partial charge in [-0.25, -0.2) is 0 Å². The third-order valence-electron chi connectivity index (χ3n) is 3.23. The van der Waals surface area contributed by atoms with Crippen LogP contribution in [-0.4, -0.2) is 36.2 Å². The Labute approximate surface area is 113 Å². The molecule has 0 spiro atoms. The highest BCUT2D eigenvalue weighted by Gasteiger charge is 2.19. The van der Waals surface area contributed by atoms with E-state index in [1.165, 1.54) is 11.3 Å². The Kier molecular flexibility index (Phi) is 5.21. The molecule has 1 aromatic rings. The van der Waals surface area contributed by atoms with Gasteiger partial charge in [0, 0.05) is 35.5 Å². The molecule has 1 unspecified atom stereocenters. The zero-order valence-electron chi connectivity index (χ0n) is 10.6. The predicted octanol–water partition coefficient (Wildman–Crippen LogP) is 1.26. The van der Waals surface area contributed by atoms with Crippen molar-refractivity contribution in [3.8, 4) is 11.8 Å². The van der Waals surface area contributed by atoms with Crippen molar-refractivity contribution in [1.82, 2.24) is 4.90 Å². The van der Waals surface area contributed by atoms with Crippen molar-refractivity contribution in [2.24, 2.45) is 11.7 Å². The molecule has 1 aromatic heterocycles. The molecule has 2 rings (SSSR count). The average molecular weight is 264 g/mol. The number of hydrogen-bond donors (Lipinski definition) is 2. The van der Waals surface area contributed by atoms with Crippen molar-refractivity contribution in [1.29, 1.82) is 0 Å². The Hall–Kier alpha value is -0.860. The Morgan fingerprint density at radius 2 is 2.44 bits per heavy atom. The normalized spacial score (nSPS) is 20.4. The van der Waals surface area contributed by atoms with Crippen LogP contribution in [0.5, 0.6) is 0 Å². The smallest absolute Gasteiger partial charge is 0.0555 e. The SMILES string of the molecule is NCC#Cc1csc(CN2CCCC(CO)C2)c1. The maximum Gasteiger partial charge on any atom is 0.0555 e. The molecule has 4 heteroatoms. The van der Waals surface area contributed by atoms with Gasteiger partial charge < -0.3 is 10.8 Å². The molecule has 0 bridgehead atoms. The van der Waals surface area contributed by atoms with Crippen molar-refractivity contribution >= 4 is 11.3 Å². The Balaban J connectivity index is 1.90. The number of nitrogens with two attached hydrogens (primary N) is 1. The number of thiophene rings is 1. The van der Waals surface area contributed by atoms with Crippen molar-refractivity contribution in [2.75, 3.05) is 26.2 Å². The fourth-order valence-corrected chi connectivity index (χ4v) is 3.20. The number of rotatable bonds is 3. The van der Waals surface area contributed by atoms with Gasteiger partial charge in [-0.3, -0.25) is 4.90 Å². The first-order valence-electron chi connectivity index (χ1n) is 6.41. The lowest BCUT2D eigenvalue weighted by Gasteiger charge is -2.31. The minimum atomic E-state index is 0.314. The lowest BCUT2D eigenvalue weighted by molar-refractivity contribution is 0.116. The predicted molar refractivity (Wildman–Crippen MR) is 75.3 cm³/mol. The second-order valence-electron chi connectivity index (χ2n) is 4.73. The van der Waals surface area contributed by atoms with E-state index < -0.39 is 0 Å². The fraction of sp³-hybridized carbons (Fsp3) is 0.571. The topological polar surface area (TPSA) is 49.5 Å². The van der Waals surface area contributed by atoms with Gasteiger partial charge in [0.05, 0.1) is 6.54 Å². The number of hydrogen-bond acceptors (Lipinski definition) is 4. The van der Waals surface area contributed by atoms with Crippen LogP contribution in [0.2, 0.25) is 0 Å². The highest BCUT2D eigenvalue weighted by Crippen LogP contribution is 2.21. The van der Waals surface area contributed by atoms with Gasteiger partial charge in [0.2, 0.25) is 0 Å². The molecule has 3 nitrogen and oxygen atoms in total. The molecular formula is C14H20N2OS. The van der Waals surface area contributed by atoms with Gasteiger partial charge in [0.15, 0.2) is 0 Å². The lowest BCUT2D eigenvalue weighted by atomic mass is 9.99. The molecule has 3 N–H and O–H groups in total. The molecule has 2 heterocycles. The molecule has 0 amide bonds. The van der Waals surface area contributed by atoms with Crippen LogP contribution in [0.4, 0.5) is 0 Å². The molecule has 1 aliphatic rings. The first-order valence-corrected chi connectivity index (χ1v) is 7.29.